The van der Waals surface area contributed by atoms with Crippen molar-refractivity contribution in [2.45, 2.75) is 6.42 Å². The lowest BCUT2D eigenvalue weighted by Gasteiger charge is -2.05. The van der Waals surface area contributed by atoms with Gasteiger partial charge in [-0.1, -0.05) is 12.1 Å². The summed E-state index contributed by atoms with van der Waals surface area (Å²) in [5, 5.41) is 11.4. The standard InChI is InChI=1S/C14H10BrN3O/c15-12-7-11(8-17-9-12)14(19)18-13-3-1-10(2-4-13)5-6-16/h1-4,7-9H,5H2,(H,18,19). The van der Waals surface area contributed by atoms with E-state index >= 15 is 0 Å². The number of hydrogen-bond donors (Lipinski definition) is 1. The molecule has 2 aromatic rings. The molecule has 0 bridgehead atoms. The molecule has 2 rings (SSSR count). The van der Waals surface area contributed by atoms with Crippen molar-refractivity contribution in [3.05, 3.63) is 58.3 Å². The van der Waals surface area contributed by atoms with Gasteiger partial charge in [-0.2, -0.15) is 5.26 Å². The lowest BCUT2D eigenvalue weighted by molar-refractivity contribution is 0.102. The Hall–Kier alpha value is -2.19. The zero-order valence-electron chi connectivity index (χ0n) is 9.93. The number of aromatic nitrogens is 1. The van der Waals surface area contributed by atoms with Gasteiger partial charge in [0.15, 0.2) is 0 Å². The fourth-order valence-corrected chi connectivity index (χ4v) is 1.90. The van der Waals surface area contributed by atoms with E-state index in [0.29, 0.717) is 17.7 Å². The number of carbonyl (C=O) groups is 1. The van der Waals surface area contributed by atoms with Crippen LogP contribution in [0, 0.1) is 11.3 Å². The highest BCUT2D eigenvalue weighted by atomic mass is 79.9. The zero-order chi connectivity index (χ0) is 13.7. The second kappa shape index (κ2) is 6.12. The number of anilines is 1. The monoisotopic (exact) mass is 315 g/mol. The first kappa shape index (κ1) is 13.2. The van der Waals surface area contributed by atoms with E-state index in [2.05, 4.69) is 32.3 Å². The van der Waals surface area contributed by atoms with Crippen LogP contribution in [0.2, 0.25) is 0 Å². The van der Waals surface area contributed by atoms with Crippen molar-refractivity contribution in [1.29, 1.82) is 5.26 Å². The van der Waals surface area contributed by atoms with Crippen molar-refractivity contribution in [2.24, 2.45) is 0 Å². The molecule has 0 unspecified atom stereocenters. The minimum atomic E-state index is -0.221. The average Bonchev–Trinajstić information content (AvgIpc) is 2.41. The number of amides is 1. The van der Waals surface area contributed by atoms with Crippen LogP contribution in [0.25, 0.3) is 0 Å². The number of pyridine rings is 1. The van der Waals surface area contributed by atoms with Crippen LogP contribution in [0.4, 0.5) is 5.69 Å². The Morgan fingerprint density at radius 1 is 1.32 bits per heavy atom. The maximum Gasteiger partial charge on any atom is 0.257 e. The number of halogens is 1. The van der Waals surface area contributed by atoms with Crippen molar-refractivity contribution in [3.63, 3.8) is 0 Å². The molecule has 94 valence electrons. The summed E-state index contributed by atoms with van der Waals surface area (Å²) in [6.45, 7) is 0. The van der Waals surface area contributed by atoms with E-state index in [-0.39, 0.29) is 5.91 Å². The molecule has 1 heterocycles. The summed E-state index contributed by atoms with van der Waals surface area (Å²) in [6, 6.07) is 11.0. The SMILES string of the molecule is N#CCc1ccc(NC(=O)c2cncc(Br)c2)cc1. The molecule has 1 N–H and O–H groups in total. The molecule has 0 radical (unpaired) electrons. The zero-order valence-corrected chi connectivity index (χ0v) is 11.5. The van der Waals surface area contributed by atoms with Crippen LogP contribution in [-0.4, -0.2) is 10.9 Å². The number of carbonyl (C=O) groups excluding carboxylic acids is 1. The van der Waals surface area contributed by atoms with Crippen molar-refractivity contribution in [1.82, 2.24) is 4.98 Å². The van der Waals surface area contributed by atoms with Crippen LogP contribution in [-0.2, 0) is 6.42 Å². The fourth-order valence-electron chi connectivity index (χ4n) is 1.54. The number of rotatable bonds is 3. The molecule has 0 fully saturated rings. The molecule has 0 spiro atoms. The molecule has 19 heavy (non-hydrogen) atoms. The van der Waals surface area contributed by atoms with Crippen molar-refractivity contribution in [2.75, 3.05) is 5.32 Å². The molecule has 0 atom stereocenters. The Bertz CT molecular complexity index is 632. The van der Waals surface area contributed by atoms with E-state index < -0.39 is 0 Å². The van der Waals surface area contributed by atoms with Crippen LogP contribution in [0.15, 0.2) is 47.2 Å². The highest BCUT2D eigenvalue weighted by Crippen LogP contribution is 2.13. The topological polar surface area (TPSA) is 65.8 Å². The molecule has 0 saturated carbocycles. The number of nitrogens with zero attached hydrogens (tertiary/aromatic N) is 2. The lowest BCUT2D eigenvalue weighted by atomic mass is 10.1. The largest absolute Gasteiger partial charge is 0.322 e. The van der Waals surface area contributed by atoms with E-state index in [1.165, 1.54) is 6.20 Å². The van der Waals surface area contributed by atoms with Crippen LogP contribution in [0.3, 0.4) is 0 Å². The molecule has 1 amide bonds. The molecular formula is C14H10BrN3O. The second-order valence-electron chi connectivity index (χ2n) is 3.88. The fraction of sp³-hybridized carbons (Fsp3) is 0.0714. The number of nitrogens with one attached hydrogen (secondary N) is 1. The first-order valence-corrected chi connectivity index (χ1v) is 6.36. The normalized spacial score (nSPS) is 9.68. The highest BCUT2D eigenvalue weighted by Gasteiger charge is 2.06. The van der Waals surface area contributed by atoms with Crippen molar-refractivity contribution >= 4 is 27.5 Å². The third-order valence-electron chi connectivity index (χ3n) is 2.46. The summed E-state index contributed by atoms with van der Waals surface area (Å²) >= 11 is 3.27. The van der Waals surface area contributed by atoms with Gasteiger partial charge in [0, 0.05) is 22.6 Å². The van der Waals surface area contributed by atoms with E-state index in [4.69, 9.17) is 5.26 Å². The Labute approximate surface area is 119 Å². The maximum atomic E-state index is 12.0. The Morgan fingerprint density at radius 2 is 2.05 bits per heavy atom. The second-order valence-corrected chi connectivity index (χ2v) is 4.79. The predicted octanol–water partition coefficient (Wildman–Crippen LogP) is 3.16. The first-order valence-electron chi connectivity index (χ1n) is 5.57. The highest BCUT2D eigenvalue weighted by molar-refractivity contribution is 9.10. The van der Waals surface area contributed by atoms with Gasteiger partial charge in [-0.25, -0.2) is 0 Å². The van der Waals surface area contributed by atoms with Gasteiger partial charge >= 0.3 is 0 Å². The summed E-state index contributed by atoms with van der Waals surface area (Å²) in [4.78, 5) is 15.9. The van der Waals surface area contributed by atoms with Crippen molar-refractivity contribution in [3.8, 4) is 6.07 Å². The molecule has 4 nitrogen and oxygen atoms in total. The Kier molecular flexibility index (Phi) is 4.26. The molecular weight excluding hydrogens is 306 g/mol. The van der Waals surface area contributed by atoms with E-state index in [9.17, 15) is 4.79 Å². The Morgan fingerprint density at radius 3 is 2.68 bits per heavy atom. The van der Waals surface area contributed by atoms with Gasteiger partial charge in [0.1, 0.15) is 0 Å². The number of hydrogen-bond acceptors (Lipinski definition) is 3. The predicted molar refractivity (Wildman–Crippen MR) is 75.6 cm³/mol. The van der Waals surface area contributed by atoms with Crippen LogP contribution in [0.5, 0.6) is 0 Å². The van der Waals surface area contributed by atoms with Gasteiger partial charge in [0.05, 0.1) is 18.1 Å². The molecule has 0 aliphatic carbocycles. The van der Waals surface area contributed by atoms with Gasteiger partial charge in [0.2, 0.25) is 0 Å². The number of benzene rings is 1. The van der Waals surface area contributed by atoms with Crippen molar-refractivity contribution < 1.29 is 4.79 Å². The summed E-state index contributed by atoms with van der Waals surface area (Å²) < 4.78 is 0.754. The summed E-state index contributed by atoms with van der Waals surface area (Å²) in [5.41, 5.74) is 2.09. The van der Waals surface area contributed by atoms with Gasteiger partial charge in [0.25, 0.3) is 5.91 Å². The first-order chi connectivity index (χ1) is 9.19. The van der Waals surface area contributed by atoms with Crippen LogP contribution >= 0.6 is 15.9 Å². The summed E-state index contributed by atoms with van der Waals surface area (Å²) in [6.07, 6.45) is 3.49. The molecule has 0 saturated heterocycles. The lowest BCUT2D eigenvalue weighted by Crippen LogP contribution is -2.12. The Balaban J connectivity index is 2.09. The van der Waals surface area contributed by atoms with E-state index in [1.54, 1.807) is 24.4 Å². The molecule has 0 aliphatic rings. The van der Waals surface area contributed by atoms with Crippen LogP contribution < -0.4 is 5.32 Å². The summed E-state index contributed by atoms with van der Waals surface area (Å²) in [5.74, 6) is -0.221. The minimum Gasteiger partial charge on any atom is -0.322 e. The van der Waals surface area contributed by atoms with Gasteiger partial charge in [-0.15, -0.1) is 0 Å². The maximum absolute atomic E-state index is 12.0. The van der Waals surface area contributed by atoms with E-state index in [1.807, 2.05) is 12.1 Å². The third kappa shape index (κ3) is 3.63. The molecule has 1 aromatic carbocycles. The third-order valence-corrected chi connectivity index (χ3v) is 2.90. The van der Waals surface area contributed by atoms with Gasteiger partial charge < -0.3 is 5.32 Å². The van der Waals surface area contributed by atoms with Gasteiger partial charge in [-0.3, -0.25) is 9.78 Å². The smallest absolute Gasteiger partial charge is 0.257 e. The number of nitriles is 1. The van der Waals surface area contributed by atoms with Crippen LogP contribution in [0.1, 0.15) is 15.9 Å². The molecule has 5 heteroatoms. The minimum absolute atomic E-state index is 0.221. The van der Waals surface area contributed by atoms with Gasteiger partial charge in [-0.05, 0) is 39.7 Å². The quantitative estimate of drug-likeness (QED) is 0.946. The molecule has 0 aliphatic heterocycles. The van der Waals surface area contributed by atoms with E-state index in [0.717, 1.165) is 10.0 Å². The summed E-state index contributed by atoms with van der Waals surface area (Å²) in [7, 11) is 0. The average molecular weight is 316 g/mol. The molecule has 1 aromatic heterocycles.